The Morgan fingerprint density at radius 1 is 0.886 bits per heavy atom. The van der Waals surface area contributed by atoms with Crippen molar-refractivity contribution in [3.63, 3.8) is 0 Å². The predicted octanol–water partition coefficient (Wildman–Crippen LogP) is 5.16. The number of hydrogen-bond donors (Lipinski definition) is 1. The van der Waals surface area contributed by atoms with Crippen LogP contribution in [0.1, 0.15) is 26.3 Å². The van der Waals surface area contributed by atoms with Gasteiger partial charge in [-0.15, -0.1) is 0 Å². The Balaban J connectivity index is 2.11. The highest BCUT2D eigenvalue weighted by molar-refractivity contribution is 5.87. The van der Waals surface area contributed by atoms with Crippen LogP contribution in [0.15, 0.2) is 78.9 Å². The maximum atomic E-state index is 14.5. The van der Waals surface area contributed by atoms with Gasteiger partial charge in [-0.1, -0.05) is 50.1 Å². The minimum Gasteiger partial charge on any atom is -0.462 e. The van der Waals surface area contributed by atoms with Gasteiger partial charge >= 0.3 is 11.9 Å². The van der Waals surface area contributed by atoms with Crippen LogP contribution < -0.4 is 4.74 Å². The Bertz CT molecular complexity index is 1070. The maximum absolute atomic E-state index is 14.5. The number of aliphatic hydroxyl groups excluding tert-OH is 1. The largest absolute Gasteiger partial charge is 0.462 e. The van der Waals surface area contributed by atoms with E-state index in [9.17, 15) is 19.1 Å². The molecule has 1 atom stereocenters. The summed E-state index contributed by atoms with van der Waals surface area (Å²) < 4.78 is 30.2. The number of carbonyl (C=O) groups is 2. The van der Waals surface area contributed by atoms with Crippen LogP contribution in [0.2, 0.25) is 0 Å². The van der Waals surface area contributed by atoms with Crippen LogP contribution in [-0.4, -0.2) is 36.5 Å². The maximum Gasteiger partial charge on any atom is 0.333 e. The van der Waals surface area contributed by atoms with Crippen molar-refractivity contribution in [2.75, 3.05) is 13.2 Å². The van der Waals surface area contributed by atoms with Crippen LogP contribution in [0.5, 0.6) is 5.75 Å². The summed E-state index contributed by atoms with van der Waals surface area (Å²) in [5, 5.41) is 9.73. The topological polar surface area (TPSA) is 82.1 Å². The number of halogens is 1. The van der Waals surface area contributed by atoms with Gasteiger partial charge in [0.1, 0.15) is 0 Å². The molecule has 0 aromatic heterocycles. The number of ether oxygens (including phenoxy) is 3. The quantitative estimate of drug-likeness (QED) is 0.195. The molecule has 0 saturated heterocycles. The highest BCUT2D eigenvalue weighted by Crippen LogP contribution is 2.27. The lowest BCUT2D eigenvalue weighted by Gasteiger charge is -2.18. The second-order valence-electron chi connectivity index (χ2n) is 8.49. The molecule has 1 N–H and O–H groups in total. The summed E-state index contributed by atoms with van der Waals surface area (Å²) in [6, 6.07) is 11.9. The second-order valence-corrected chi connectivity index (χ2v) is 8.49. The summed E-state index contributed by atoms with van der Waals surface area (Å²) in [5.41, 5.74) is 3.26. The fourth-order valence-electron chi connectivity index (χ4n) is 2.96. The third-order valence-corrected chi connectivity index (χ3v) is 5.00. The molecule has 2 aromatic carbocycles. The molecule has 0 bridgehead atoms. The van der Waals surface area contributed by atoms with Crippen LogP contribution >= 0.6 is 0 Å². The van der Waals surface area contributed by atoms with E-state index in [2.05, 4.69) is 19.7 Å². The lowest BCUT2D eigenvalue weighted by atomic mass is 9.97. The number of aliphatic hydroxyl groups is 1. The van der Waals surface area contributed by atoms with Gasteiger partial charge in [0.2, 0.25) is 6.29 Å². The molecule has 2 rings (SSSR count). The molecule has 7 heteroatoms. The van der Waals surface area contributed by atoms with Crippen molar-refractivity contribution >= 4 is 11.9 Å². The van der Waals surface area contributed by atoms with E-state index in [1.165, 1.54) is 12.1 Å². The van der Waals surface area contributed by atoms with Crippen LogP contribution in [0.3, 0.4) is 0 Å². The fraction of sp³-hybridized carbons (Fsp3) is 0.286. The summed E-state index contributed by atoms with van der Waals surface area (Å²) in [6.45, 7) is 15.5. The average molecular weight is 483 g/mol. The third-order valence-electron chi connectivity index (χ3n) is 5.00. The van der Waals surface area contributed by atoms with E-state index in [1.54, 1.807) is 26.8 Å². The van der Waals surface area contributed by atoms with E-state index in [0.717, 1.165) is 11.1 Å². The van der Waals surface area contributed by atoms with Crippen molar-refractivity contribution in [2.45, 2.75) is 33.5 Å². The normalized spacial score (nSPS) is 11.5. The third kappa shape index (κ3) is 8.54. The first kappa shape index (κ1) is 27.5. The number of rotatable bonds is 12. The summed E-state index contributed by atoms with van der Waals surface area (Å²) >= 11 is 0. The Kier molecular flexibility index (Phi) is 9.97. The first-order chi connectivity index (χ1) is 16.5. The smallest absolute Gasteiger partial charge is 0.333 e. The van der Waals surface area contributed by atoms with E-state index in [4.69, 9.17) is 14.2 Å². The number of esters is 2. The minimum atomic E-state index is -1.29. The zero-order chi connectivity index (χ0) is 26.1. The van der Waals surface area contributed by atoms with Crippen molar-refractivity contribution in [3.8, 4) is 16.9 Å². The number of hydrogen-bond acceptors (Lipinski definition) is 6. The molecule has 0 aliphatic rings. The van der Waals surface area contributed by atoms with E-state index < -0.39 is 24.0 Å². The lowest BCUT2D eigenvalue weighted by molar-refractivity contribution is -0.144. The van der Waals surface area contributed by atoms with Gasteiger partial charge in [-0.25, -0.2) is 14.0 Å². The van der Waals surface area contributed by atoms with Crippen molar-refractivity contribution in [1.82, 2.24) is 0 Å². The lowest BCUT2D eigenvalue weighted by Crippen LogP contribution is -2.23. The summed E-state index contributed by atoms with van der Waals surface area (Å²) in [4.78, 5) is 23.6. The van der Waals surface area contributed by atoms with E-state index in [-0.39, 0.29) is 36.0 Å². The Morgan fingerprint density at radius 3 is 1.86 bits per heavy atom. The van der Waals surface area contributed by atoms with Gasteiger partial charge in [0.15, 0.2) is 11.6 Å². The van der Waals surface area contributed by atoms with Gasteiger partial charge < -0.3 is 19.3 Å². The molecule has 0 amide bonds. The van der Waals surface area contributed by atoms with Gasteiger partial charge in [-0.2, -0.15) is 0 Å². The molecule has 6 nitrogen and oxygen atoms in total. The van der Waals surface area contributed by atoms with Gasteiger partial charge in [-0.05, 0) is 61.6 Å². The number of carbonyl (C=O) groups excluding carboxylic acids is 2. The monoisotopic (exact) mass is 482 g/mol. The predicted molar refractivity (Wildman–Crippen MR) is 132 cm³/mol. The van der Waals surface area contributed by atoms with E-state index >= 15 is 0 Å². The minimum absolute atomic E-state index is 0.0552. The fourth-order valence-corrected chi connectivity index (χ4v) is 2.96. The summed E-state index contributed by atoms with van der Waals surface area (Å²) in [7, 11) is 0. The first-order valence-corrected chi connectivity index (χ1v) is 11.0. The number of benzene rings is 2. The molecule has 0 aliphatic heterocycles. The van der Waals surface area contributed by atoms with Gasteiger partial charge in [0.25, 0.3) is 0 Å². The van der Waals surface area contributed by atoms with Gasteiger partial charge in [0.05, 0.1) is 13.2 Å². The Labute approximate surface area is 205 Å². The molecule has 186 valence electrons. The van der Waals surface area contributed by atoms with Crippen LogP contribution in [0.4, 0.5) is 4.39 Å². The molecule has 0 spiro atoms. The molecule has 0 fully saturated rings. The van der Waals surface area contributed by atoms with Crippen molar-refractivity contribution in [2.24, 2.45) is 5.92 Å². The SMILES string of the molecule is C=C(C)C(=O)OCC(COC(=O)C(=C)C)Cc1ccc(-c2ccc(OC(O)C(=C)C)c(F)c2)cc1. The zero-order valence-corrected chi connectivity index (χ0v) is 20.3. The van der Waals surface area contributed by atoms with E-state index in [1.807, 2.05) is 24.3 Å². The Hall–Kier alpha value is -3.71. The highest BCUT2D eigenvalue weighted by atomic mass is 19.1. The standard InChI is InChI=1S/C28H31FO6/c1-17(2)26(30)33-15-21(16-34-27(31)18(3)4)13-20-7-9-22(10-8-20)23-11-12-25(24(29)14-23)35-28(32)19(5)6/h7-12,14,21,28,32H,1,3,5,13,15-16H2,2,4,6H3. The highest BCUT2D eigenvalue weighted by Gasteiger charge is 2.17. The second kappa shape index (κ2) is 12.7. The molecule has 0 radical (unpaired) electrons. The van der Waals surface area contributed by atoms with Crippen molar-refractivity contribution in [3.05, 3.63) is 90.3 Å². The van der Waals surface area contributed by atoms with Crippen molar-refractivity contribution in [1.29, 1.82) is 0 Å². The van der Waals surface area contributed by atoms with Crippen LogP contribution in [-0.2, 0) is 25.5 Å². The molecular formula is C28H31FO6. The average Bonchev–Trinajstić information content (AvgIpc) is 2.81. The summed E-state index contributed by atoms with van der Waals surface area (Å²) in [5.74, 6) is -1.98. The molecular weight excluding hydrogens is 451 g/mol. The van der Waals surface area contributed by atoms with Gasteiger partial charge in [0, 0.05) is 17.1 Å². The van der Waals surface area contributed by atoms with Gasteiger partial charge in [-0.3, -0.25) is 0 Å². The van der Waals surface area contributed by atoms with Crippen LogP contribution in [0, 0.1) is 11.7 Å². The van der Waals surface area contributed by atoms with Crippen molar-refractivity contribution < 1.29 is 33.3 Å². The van der Waals surface area contributed by atoms with E-state index in [0.29, 0.717) is 17.6 Å². The van der Waals surface area contributed by atoms with Crippen LogP contribution in [0.25, 0.3) is 11.1 Å². The molecule has 0 aliphatic carbocycles. The molecule has 1 unspecified atom stereocenters. The zero-order valence-electron chi connectivity index (χ0n) is 20.3. The molecule has 0 heterocycles. The first-order valence-electron chi connectivity index (χ1n) is 11.0. The molecule has 2 aromatic rings. The Morgan fingerprint density at radius 2 is 1.40 bits per heavy atom. The summed E-state index contributed by atoms with van der Waals surface area (Å²) in [6.07, 6.45) is -0.806. The molecule has 0 saturated carbocycles. The molecule has 35 heavy (non-hydrogen) atoms.